The average molecular weight is 289 g/mol. The summed E-state index contributed by atoms with van der Waals surface area (Å²) in [6.45, 7) is 5.75. The summed E-state index contributed by atoms with van der Waals surface area (Å²) in [6, 6.07) is 10.1. The third kappa shape index (κ3) is 4.80. The fourth-order valence-electron chi connectivity index (χ4n) is 3.29. The van der Waals surface area contributed by atoms with E-state index in [0.29, 0.717) is 6.04 Å². The summed E-state index contributed by atoms with van der Waals surface area (Å²) in [7, 11) is 6.58. The lowest BCUT2D eigenvalue weighted by molar-refractivity contribution is 0.214. The quantitative estimate of drug-likeness (QED) is 0.832. The minimum Gasteiger partial charge on any atom is -0.313 e. The fraction of sp³-hybridized carbons (Fsp3) is 0.667. The first-order valence-corrected chi connectivity index (χ1v) is 8.22. The Labute approximate surface area is 130 Å². The van der Waals surface area contributed by atoms with Crippen molar-refractivity contribution in [2.24, 2.45) is 0 Å². The van der Waals surface area contributed by atoms with Gasteiger partial charge in [-0.05, 0) is 66.0 Å². The molecule has 0 spiro atoms. The molecule has 1 aliphatic rings. The van der Waals surface area contributed by atoms with Crippen molar-refractivity contribution in [3.63, 3.8) is 0 Å². The third-order valence-corrected chi connectivity index (χ3v) is 4.82. The molecule has 2 atom stereocenters. The molecule has 1 aromatic carbocycles. The van der Waals surface area contributed by atoms with Gasteiger partial charge in [-0.25, -0.2) is 0 Å². The summed E-state index contributed by atoms with van der Waals surface area (Å²) >= 11 is 0. The Balaban J connectivity index is 1.80. The van der Waals surface area contributed by atoms with E-state index >= 15 is 0 Å². The largest absolute Gasteiger partial charge is 0.313 e. The van der Waals surface area contributed by atoms with E-state index in [1.54, 1.807) is 0 Å². The average Bonchev–Trinajstić information content (AvgIpc) is 2.87. The van der Waals surface area contributed by atoms with Crippen LogP contribution in [0.3, 0.4) is 0 Å². The van der Waals surface area contributed by atoms with Crippen molar-refractivity contribution >= 4 is 0 Å². The summed E-state index contributed by atoms with van der Waals surface area (Å²) in [5.41, 5.74) is 2.73. The maximum absolute atomic E-state index is 3.46. The molecule has 1 heterocycles. The van der Waals surface area contributed by atoms with E-state index in [1.165, 1.54) is 37.1 Å². The van der Waals surface area contributed by atoms with Crippen LogP contribution < -0.4 is 5.32 Å². The summed E-state index contributed by atoms with van der Waals surface area (Å²) in [4.78, 5) is 5.00. The lowest BCUT2D eigenvalue weighted by Crippen LogP contribution is -2.37. The normalized spacial score (nSPS) is 21.1. The number of likely N-dealkylation sites (tertiary alicyclic amines) is 1. The van der Waals surface area contributed by atoms with Crippen LogP contribution in [-0.2, 0) is 0 Å². The molecule has 1 N–H and O–H groups in total. The van der Waals surface area contributed by atoms with Crippen LogP contribution >= 0.6 is 0 Å². The zero-order valence-corrected chi connectivity index (χ0v) is 14.1. The van der Waals surface area contributed by atoms with Crippen LogP contribution in [0.25, 0.3) is 0 Å². The van der Waals surface area contributed by atoms with Gasteiger partial charge in [-0.2, -0.15) is 0 Å². The van der Waals surface area contributed by atoms with Crippen LogP contribution in [0.15, 0.2) is 24.3 Å². The van der Waals surface area contributed by atoms with Crippen molar-refractivity contribution in [3.8, 4) is 0 Å². The smallest absolute Gasteiger partial charge is 0.0329 e. The van der Waals surface area contributed by atoms with Crippen LogP contribution in [0.4, 0.5) is 0 Å². The molecule has 21 heavy (non-hydrogen) atoms. The van der Waals surface area contributed by atoms with Gasteiger partial charge in [0.1, 0.15) is 0 Å². The first-order chi connectivity index (χ1) is 10.1. The molecule has 0 bridgehead atoms. The lowest BCUT2D eigenvalue weighted by atomic mass is 10.0. The summed E-state index contributed by atoms with van der Waals surface area (Å²) < 4.78 is 0. The molecule has 118 valence electrons. The minimum atomic E-state index is 0.453. The van der Waals surface area contributed by atoms with Crippen LogP contribution in [-0.4, -0.2) is 56.6 Å². The van der Waals surface area contributed by atoms with Gasteiger partial charge in [-0.1, -0.05) is 29.8 Å². The monoisotopic (exact) mass is 289 g/mol. The number of nitrogens with one attached hydrogen (secondary N) is 1. The SMILES string of the molecule is CNC(CCN(C)CC1CCCN1C)c1ccc(C)cc1. The van der Waals surface area contributed by atoms with E-state index in [-0.39, 0.29) is 0 Å². The van der Waals surface area contributed by atoms with Crippen molar-refractivity contribution in [1.82, 2.24) is 15.1 Å². The van der Waals surface area contributed by atoms with Gasteiger partial charge in [0.05, 0.1) is 0 Å². The molecule has 1 aromatic rings. The predicted molar refractivity (Wildman–Crippen MR) is 90.7 cm³/mol. The minimum absolute atomic E-state index is 0.453. The highest BCUT2D eigenvalue weighted by atomic mass is 15.2. The molecule has 0 aromatic heterocycles. The molecular formula is C18H31N3. The van der Waals surface area contributed by atoms with Crippen molar-refractivity contribution in [2.75, 3.05) is 40.8 Å². The molecule has 2 rings (SSSR count). The van der Waals surface area contributed by atoms with Gasteiger partial charge in [0.2, 0.25) is 0 Å². The highest BCUT2D eigenvalue weighted by molar-refractivity contribution is 5.24. The van der Waals surface area contributed by atoms with Gasteiger partial charge in [0, 0.05) is 18.6 Å². The van der Waals surface area contributed by atoms with E-state index in [2.05, 4.69) is 67.4 Å². The number of likely N-dealkylation sites (N-methyl/N-ethyl adjacent to an activating group) is 2. The third-order valence-electron chi connectivity index (χ3n) is 4.82. The molecule has 1 saturated heterocycles. The Bertz CT molecular complexity index is 415. The fourth-order valence-corrected chi connectivity index (χ4v) is 3.29. The number of rotatable bonds is 7. The maximum Gasteiger partial charge on any atom is 0.0329 e. The van der Waals surface area contributed by atoms with Crippen molar-refractivity contribution < 1.29 is 0 Å². The summed E-state index contributed by atoms with van der Waals surface area (Å²) in [5, 5.41) is 3.46. The molecule has 0 amide bonds. The van der Waals surface area contributed by atoms with E-state index in [9.17, 15) is 0 Å². The highest BCUT2D eigenvalue weighted by Crippen LogP contribution is 2.19. The molecule has 3 heteroatoms. The van der Waals surface area contributed by atoms with E-state index in [0.717, 1.165) is 19.0 Å². The van der Waals surface area contributed by atoms with Crippen molar-refractivity contribution in [3.05, 3.63) is 35.4 Å². The van der Waals surface area contributed by atoms with Gasteiger partial charge in [0.15, 0.2) is 0 Å². The van der Waals surface area contributed by atoms with Crippen molar-refractivity contribution in [1.29, 1.82) is 0 Å². The second kappa shape index (κ2) is 7.92. The zero-order chi connectivity index (χ0) is 15.2. The van der Waals surface area contributed by atoms with Crippen LogP contribution in [0.5, 0.6) is 0 Å². The van der Waals surface area contributed by atoms with Crippen LogP contribution in [0.2, 0.25) is 0 Å². The van der Waals surface area contributed by atoms with Gasteiger partial charge < -0.3 is 15.1 Å². The Morgan fingerprint density at radius 3 is 2.62 bits per heavy atom. The van der Waals surface area contributed by atoms with E-state index in [4.69, 9.17) is 0 Å². The van der Waals surface area contributed by atoms with Crippen LogP contribution in [0.1, 0.15) is 36.4 Å². The van der Waals surface area contributed by atoms with Crippen LogP contribution in [0, 0.1) is 6.92 Å². The standard InChI is InChI=1S/C18H31N3/c1-15-7-9-16(10-8-15)18(19-2)11-13-20(3)14-17-6-5-12-21(17)4/h7-10,17-19H,5-6,11-14H2,1-4H3. The van der Waals surface area contributed by atoms with Gasteiger partial charge >= 0.3 is 0 Å². The second-order valence-electron chi connectivity index (χ2n) is 6.58. The molecule has 1 aliphatic heterocycles. The second-order valence-corrected chi connectivity index (χ2v) is 6.58. The molecule has 0 saturated carbocycles. The maximum atomic E-state index is 3.46. The number of benzene rings is 1. The molecule has 0 radical (unpaired) electrons. The predicted octanol–water partition coefficient (Wildman–Crippen LogP) is 2.67. The number of nitrogens with zero attached hydrogens (tertiary/aromatic N) is 2. The molecular weight excluding hydrogens is 258 g/mol. The molecule has 2 unspecified atom stereocenters. The van der Waals surface area contributed by atoms with Gasteiger partial charge in [-0.3, -0.25) is 0 Å². The summed E-state index contributed by atoms with van der Waals surface area (Å²) in [5.74, 6) is 0. The first kappa shape index (κ1) is 16.5. The number of hydrogen-bond donors (Lipinski definition) is 1. The van der Waals surface area contributed by atoms with Crippen molar-refractivity contribution in [2.45, 2.75) is 38.3 Å². The topological polar surface area (TPSA) is 18.5 Å². The Hall–Kier alpha value is -0.900. The van der Waals surface area contributed by atoms with Gasteiger partial charge in [0.25, 0.3) is 0 Å². The van der Waals surface area contributed by atoms with Gasteiger partial charge in [-0.15, -0.1) is 0 Å². The Morgan fingerprint density at radius 1 is 1.33 bits per heavy atom. The number of aryl methyl sites for hydroxylation is 1. The first-order valence-electron chi connectivity index (χ1n) is 8.22. The highest BCUT2D eigenvalue weighted by Gasteiger charge is 2.22. The van der Waals surface area contributed by atoms with E-state index in [1.807, 2.05) is 0 Å². The lowest BCUT2D eigenvalue weighted by Gasteiger charge is -2.27. The molecule has 0 aliphatic carbocycles. The molecule has 3 nitrogen and oxygen atoms in total. The zero-order valence-electron chi connectivity index (χ0n) is 14.1. The molecule has 1 fully saturated rings. The Morgan fingerprint density at radius 2 is 2.05 bits per heavy atom. The Kier molecular flexibility index (Phi) is 6.22. The summed E-state index contributed by atoms with van der Waals surface area (Å²) in [6.07, 6.45) is 3.87. The number of hydrogen-bond acceptors (Lipinski definition) is 3. The van der Waals surface area contributed by atoms with E-state index < -0.39 is 0 Å².